The average molecular weight is 289 g/mol. The molecule has 0 unspecified atom stereocenters. The summed E-state index contributed by atoms with van der Waals surface area (Å²) < 4.78 is 11.7. The number of carbonyl (C=O) groups is 1. The first-order chi connectivity index (χ1) is 9.62. The normalized spacial score (nSPS) is 20.1. The highest BCUT2D eigenvalue weighted by Gasteiger charge is 2.50. The van der Waals surface area contributed by atoms with Gasteiger partial charge < -0.3 is 14.4 Å². The zero-order valence-electron chi connectivity index (χ0n) is 13.0. The number of aryl methyl sites for hydroxylation is 1. The van der Waals surface area contributed by atoms with Crippen molar-refractivity contribution in [2.45, 2.75) is 45.8 Å². The van der Waals surface area contributed by atoms with Crippen molar-refractivity contribution in [3.8, 4) is 0 Å². The fourth-order valence-electron chi connectivity index (χ4n) is 2.01. The molecule has 0 amide bonds. The molecule has 1 N–H and O–H groups in total. The molecular formula is C15H20BNO4. The molecule has 1 aliphatic rings. The van der Waals surface area contributed by atoms with Gasteiger partial charge in [0.2, 0.25) is 0 Å². The van der Waals surface area contributed by atoms with Crippen LogP contribution in [0.25, 0.3) is 6.08 Å². The molecule has 0 saturated carbocycles. The van der Waals surface area contributed by atoms with Gasteiger partial charge in [-0.05, 0) is 52.3 Å². The number of hydrogen-bond acceptors (Lipinski definition) is 4. The van der Waals surface area contributed by atoms with Gasteiger partial charge in [0.25, 0.3) is 0 Å². The minimum absolute atomic E-state index is 0.181. The van der Waals surface area contributed by atoms with Gasteiger partial charge in [-0.25, -0.2) is 4.79 Å². The quantitative estimate of drug-likeness (QED) is 0.866. The van der Waals surface area contributed by atoms with E-state index in [4.69, 9.17) is 14.4 Å². The molecule has 0 radical (unpaired) electrons. The van der Waals surface area contributed by atoms with Crippen molar-refractivity contribution in [3.63, 3.8) is 0 Å². The molecule has 2 heterocycles. The summed E-state index contributed by atoms with van der Waals surface area (Å²) in [5.41, 5.74) is 0.924. The fourth-order valence-corrected chi connectivity index (χ4v) is 2.01. The maximum absolute atomic E-state index is 10.9. The lowest BCUT2D eigenvalue weighted by molar-refractivity contribution is 0.00578. The van der Waals surface area contributed by atoms with Crippen LogP contribution in [-0.2, 0) is 9.31 Å². The van der Waals surface area contributed by atoms with Crippen LogP contribution in [0.2, 0.25) is 0 Å². The zero-order chi connectivity index (χ0) is 15.8. The van der Waals surface area contributed by atoms with Crippen LogP contribution >= 0.6 is 0 Å². The van der Waals surface area contributed by atoms with Crippen LogP contribution in [0.4, 0.5) is 0 Å². The highest BCUT2D eigenvalue weighted by Crippen LogP contribution is 2.37. The Morgan fingerprint density at radius 1 is 1.29 bits per heavy atom. The van der Waals surface area contributed by atoms with Crippen molar-refractivity contribution in [1.82, 2.24) is 4.98 Å². The summed E-state index contributed by atoms with van der Waals surface area (Å²) >= 11 is 0. The second-order valence-electron chi connectivity index (χ2n) is 6.22. The number of carboxylic acids is 1. The van der Waals surface area contributed by atoms with Crippen LogP contribution in [0.15, 0.2) is 18.2 Å². The summed E-state index contributed by atoms with van der Waals surface area (Å²) in [6, 6.07) is 1.60. The molecule has 1 saturated heterocycles. The monoisotopic (exact) mass is 289 g/mol. The molecular weight excluding hydrogens is 269 g/mol. The maximum atomic E-state index is 10.9. The number of pyridine rings is 1. The van der Waals surface area contributed by atoms with E-state index in [1.807, 2.05) is 34.6 Å². The van der Waals surface area contributed by atoms with E-state index in [0.717, 1.165) is 5.56 Å². The largest absolute Gasteiger partial charge is 0.487 e. The molecule has 1 fully saturated rings. The van der Waals surface area contributed by atoms with Gasteiger partial charge in [0.1, 0.15) is 0 Å². The molecule has 1 aromatic rings. The SMILES string of the molecule is Cc1cc(C(=O)O)cnc1/C=C/B1OC(C)(C)C(C)(C)O1. The number of carboxylic acid groups (broad SMARTS) is 1. The Morgan fingerprint density at radius 2 is 1.86 bits per heavy atom. The zero-order valence-corrected chi connectivity index (χ0v) is 13.0. The highest BCUT2D eigenvalue weighted by atomic mass is 16.7. The van der Waals surface area contributed by atoms with Crippen molar-refractivity contribution in [2.24, 2.45) is 0 Å². The van der Waals surface area contributed by atoms with E-state index in [1.54, 1.807) is 18.1 Å². The standard InChI is InChI=1S/C15H20BNO4/c1-10-8-11(13(18)19)9-17-12(10)6-7-16-20-14(2,3)15(4,5)21-16/h6-9H,1-5H3,(H,18,19)/b7-6+. The van der Waals surface area contributed by atoms with Gasteiger partial charge >= 0.3 is 13.1 Å². The van der Waals surface area contributed by atoms with Crippen LogP contribution in [0, 0.1) is 6.92 Å². The van der Waals surface area contributed by atoms with Crippen LogP contribution < -0.4 is 0 Å². The third-order valence-corrected chi connectivity index (χ3v) is 4.05. The topological polar surface area (TPSA) is 68.7 Å². The third-order valence-electron chi connectivity index (χ3n) is 4.05. The summed E-state index contributed by atoms with van der Waals surface area (Å²) in [6.45, 7) is 9.79. The molecule has 1 aromatic heterocycles. The fraction of sp³-hybridized carbons (Fsp3) is 0.467. The van der Waals surface area contributed by atoms with E-state index in [0.29, 0.717) is 5.69 Å². The number of aromatic carboxylic acids is 1. The maximum Gasteiger partial charge on any atom is 0.487 e. The second-order valence-corrected chi connectivity index (χ2v) is 6.22. The molecule has 21 heavy (non-hydrogen) atoms. The molecule has 1 aliphatic heterocycles. The smallest absolute Gasteiger partial charge is 0.478 e. The lowest BCUT2D eigenvalue weighted by atomic mass is 9.89. The summed E-state index contributed by atoms with van der Waals surface area (Å²) in [5, 5.41) is 8.92. The first kappa shape index (κ1) is 15.7. The predicted octanol–water partition coefficient (Wildman–Crippen LogP) is 2.73. The number of rotatable bonds is 3. The molecule has 0 atom stereocenters. The predicted molar refractivity (Wildman–Crippen MR) is 81.0 cm³/mol. The highest BCUT2D eigenvalue weighted by molar-refractivity contribution is 6.52. The van der Waals surface area contributed by atoms with Crippen LogP contribution in [0.1, 0.15) is 49.3 Å². The average Bonchev–Trinajstić information content (AvgIpc) is 2.56. The number of nitrogens with zero attached hydrogens (tertiary/aromatic N) is 1. The summed E-state index contributed by atoms with van der Waals surface area (Å²) in [6.07, 6.45) is 3.14. The van der Waals surface area contributed by atoms with E-state index in [1.165, 1.54) is 6.20 Å². The van der Waals surface area contributed by atoms with E-state index >= 15 is 0 Å². The van der Waals surface area contributed by atoms with Crippen molar-refractivity contribution in [2.75, 3.05) is 0 Å². The Morgan fingerprint density at radius 3 is 2.33 bits per heavy atom. The molecule has 0 bridgehead atoms. The Labute approximate surface area is 125 Å². The Hall–Kier alpha value is -1.66. The van der Waals surface area contributed by atoms with E-state index < -0.39 is 13.1 Å². The summed E-state index contributed by atoms with van der Waals surface area (Å²) in [7, 11) is -0.435. The lowest BCUT2D eigenvalue weighted by Crippen LogP contribution is -2.41. The third kappa shape index (κ3) is 3.17. The minimum atomic E-state index is -0.980. The minimum Gasteiger partial charge on any atom is -0.478 e. The van der Waals surface area contributed by atoms with Crippen LogP contribution in [-0.4, -0.2) is 34.4 Å². The molecule has 112 valence electrons. The first-order valence-corrected chi connectivity index (χ1v) is 6.86. The Bertz CT molecular complexity index is 579. The van der Waals surface area contributed by atoms with E-state index in [2.05, 4.69) is 4.98 Å². The Balaban J connectivity index is 2.14. The molecule has 2 rings (SSSR count). The van der Waals surface area contributed by atoms with Gasteiger partial charge in [-0.2, -0.15) is 0 Å². The van der Waals surface area contributed by atoms with Crippen molar-refractivity contribution >= 4 is 19.2 Å². The van der Waals surface area contributed by atoms with Gasteiger partial charge in [-0.15, -0.1) is 0 Å². The van der Waals surface area contributed by atoms with E-state index in [-0.39, 0.29) is 16.8 Å². The van der Waals surface area contributed by atoms with Crippen molar-refractivity contribution < 1.29 is 19.2 Å². The molecule has 0 aromatic carbocycles. The summed E-state index contributed by atoms with van der Waals surface area (Å²) in [4.78, 5) is 15.0. The lowest BCUT2D eigenvalue weighted by Gasteiger charge is -2.32. The van der Waals surface area contributed by atoms with E-state index in [9.17, 15) is 4.79 Å². The van der Waals surface area contributed by atoms with Crippen LogP contribution in [0.3, 0.4) is 0 Å². The summed E-state index contributed by atoms with van der Waals surface area (Å²) in [5.74, 6) is 0.818. The molecule has 5 nitrogen and oxygen atoms in total. The van der Waals surface area contributed by atoms with Gasteiger partial charge in [-0.1, -0.05) is 5.98 Å². The van der Waals surface area contributed by atoms with Gasteiger partial charge in [-0.3, -0.25) is 4.98 Å². The van der Waals surface area contributed by atoms with Crippen molar-refractivity contribution in [3.05, 3.63) is 35.1 Å². The second kappa shape index (κ2) is 5.28. The van der Waals surface area contributed by atoms with Crippen molar-refractivity contribution in [1.29, 1.82) is 0 Å². The molecule has 0 spiro atoms. The Kier molecular flexibility index (Phi) is 3.95. The first-order valence-electron chi connectivity index (χ1n) is 6.86. The van der Waals surface area contributed by atoms with Gasteiger partial charge in [0.15, 0.2) is 0 Å². The van der Waals surface area contributed by atoms with Crippen LogP contribution in [0.5, 0.6) is 0 Å². The van der Waals surface area contributed by atoms with Gasteiger partial charge in [0, 0.05) is 6.20 Å². The van der Waals surface area contributed by atoms with Gasteiger partial charge in [0.05, 0.1) is 22.5 Å². The number of hydrogen-bond donors (Lipinski definition) is 1. The molecule has 6 heteroatoms. The number of aromatic nitrogens is 1. The molecule has 0 aliphatic carbocycles.